The van der Waals surface area contributed by atoms with Crippen molar-refractivity contribution in [1.29, 1.82) is 0 Å². The summed E-state index contributed by atoms with van der Waals surface area (Å²) in [4.78, 5) is 20.0. The van der Waals surface area contributed by atoms with Crippen LogP contribution in [0.5, 0.6) is 11.5 Å². The van der Waals surface area contributed by atoms with Crippen LogP contribution in [0.15, 0.2) is 12.1 Å². The largest absolute Gasteiger partial charge is 0.493 e. The number of fused-ring (bicyclic) bond motifs is 1. The van der Waals surface area contributed by atoms with E-state index in [2.05, 4.69) is 15.9 Å². The predicted molar refractivity (Wildman–Crippen MR) is 109 cm³/mol. The summed E-state index contributed by atoms with van der Waals surface area (Å²) < 4.78 is 10.9. The van der Waals surface area contributed by atoms with Gasteiger partial charge in [-0.3, -0.25) is 14.6 Å². The molecule has 4 rings (SSSR count). The molecule has 0 bridgehead atoms. The molecule has 2 saturated heterocycles. The topological polar surface area (TPSA) is 45.3 Å². The van der Waals surface area contributed by atoms with Crippen LogP contribution in [-0.4, -0.2) is 80.1 Å². The first-order valence-corrected chi connectivity index (χ1v) is 10.7. The number of piperidine rings is 1. The Bertz CT molecular complexity index is 703. The third-order valence-corrected chi connectivity index (χ3v) is 6.57. The summed E-state index contributed by atoms with van der Waals surface area (Å²) in [5.74, 6) is 1.75. The molecule has 3 aliphatic rings. The summed E-state index contributed by atoms with van der Waals surface area (Å²) in [6, 6.07) is 4.72. The lowest BCUT2D eigenvalue weighted by Gasteiger charge is -2.38. The molecule has 1 aromatic rings. The van der Waals surface area contributed by atoms with E-state index in [0.29, 0.717) is 19.1 Å². The number of nitrogens with zero attached hydrogens (tertiary/aromatic N) is 3. The number of methoxy groups -OCH3 is 2. The summed E-state index contributed by atoms with van der Waals surface area (Å²) in [5, 5.41) is 0. The zero-order chi connectivity index (χ0) is 19.5. The van der Waals surface area contributed by atoms with Gasteiger partial charge in [0.05, 0.1) is 20.8 Å². The number of hydrogen-bond acceptors (Lipinski definition) is 5. The average molecular weight is 388 g/mol. The summed E-state index contributed by atoms with van der Waals surface area (Å²) in [7, 11) is 3.32. The zero-order valence-corrected chi connectivity index (χ0v) is 17.3. The monoisotopic (exact) mass is 387 g/mol. The maximum Gasteiger partial charge on any atom is 0.237 e. The van der Waals surface area contributed by atoms with Crippen molar-refractivity contribution in [2.45, 2.75) is 44.7 Å². The summed E-state index contributed by atoms with van der Waals surface area (Å²) in [6.07, 6.45) is 6.02. The molecular weight excluding hydrogens is 354 g/mol. The van der Waals surface area contributed by atoms with Gasteiger partial charge in [0, 0.05) is 25.7 Å². The van der Waals surface area contributed by atoms with Crippen LogP contribution in [0, 0.1) is 0 Å². The number of benzene rings is 1. The number of hydrogen-bond donors (Lipinski definition) is 0. The van der Waals surface area contributed by atoms with E-state index < -0.39 is 0 Å². The molecule has 0 radical (unpaired) electrons. The molecule has 3 heterocycles. The third kappa shape index (κ3) is 4.13. The standard InChI is InChI=1S/C22H33N3O3/c1-27-20-12-17-7-11-25(14-18(17)13-21(20)28-2)22(26)16-23-8-5-6-19(15-23)24-9-3-4-10-24/h12-13,19H,3-11,14-16H2,1-2H3. The Kier molecular flexibility index (Phi) is 6.07. The Morgan fingerprint density at radius 2 is 1.71 bits per heavy atom. The zero-order valence-electron chi connectivity index (χ0n) is 17.3. The number of rotatable bonds is 5. The van der Waals surface area contributed by atoms with Crippen LogP contribution >= 0.6 is 0 Å². The van der Waals surface area contributed by atoms with Gasteiger partial charge < -0.3 is 14.4 Å². The first-order valence-electron chi connectivity index (χ1n) is 10.7. The molecule has 28 heavy (non-hydrogen) atoms. The fourth-order valence-electron chi connectivity index (χ4n) is 4.97. The maximum absolute atomic E-state index is 13.0. The van der Waals surface area contributed by atoms with Crippen LogP contribution in [0.25, 0.3) is 0 Å². The van der Waals surface area contributed by atoms with Gasteiger partial charge in [-0.05, 0) is 75.0 Å². The molecule has 0 aromatic heterocycles. The van der Waals surface area contributed by atoms with Gasteiger partial charge in [0.1, 0.15) is 0 Å². The Labute approximate surface area is 168 Å². The molecule has 0 spiro atoms. The Morgan fingerprint density at radius 1 is 1.00 bits per heavy atom. The quantitative estimate of drug-likeness (QED) is 0.775. The number of ether oxygens (including phenoxy) is 2. The van der Waals surface area contributed by atoms with Gasteiger partial charge >= 0.3 is 0 Å². The van der Waals surface area contributed by atoms with Crippen LogP contribution in [0.1, 0.15) is 36.8 Å². The Balaban J connectivity index is 1.36. The van der Waals surface area contributed by atoms with Crippen molar-refractivity contribution in [3.8, 4) is 11.5 Å². The second-order valence-corrected chi connectivity index (χ2v) is 8.32. The summed E-state index contributed by atoms with van der Waals surface area (Å²) in [6.45, 7) is 6.56. The lowest BCUT2D eigenvalue weighted by molar-refractivity contribution is -0.133. The Morgan fingerprint density at radius 3 is 2.43 bits per heavy atom. The molecule has 2 fully saturated rings. The van der Waals surface area contributed by atoms with E-state index in [4.69, 9.17) is 9.47 Å². The van der Waals surface area contributed by atoms with Crippen molar-refractivity contribution in [1.82, 2.24) is 14.7 Å². The minimum atomic E-state index is 0.252. The fraction of sp³-hybridized carbons (Fsp3) is 0.682. The predicted octanol–water partition coefficient (Wildman–Crippen LogP) is 2.15. The lowest BCUT2D eigenvalue weighted by atomic mass is 9.98. The smallest absolute Gasteiger partial charge is 0.237 e. The second-order valence-electron chi connectivity index (χ2n) is 8.32. The van der Waals surface area contributed by atoms with Crippen molar-refractivity contribution < 1.29 is 14.3 Å². The number of likely N-dealkylation sites (tertiary alicyclic amines) is 2. The molecule has 6 heteroatoms. The third-order valence-electron chi connectivity index (χ3n) is 6.57. The van der Waals surface area contributed by atoms with E-state index in [1.165, 1.54) is 49.9 Å². The van der Waals surface area contributed by atoms with E-state index in [-0.39, 0.29) is 5.91 Å². The fourth-order valence-corrected chi connectivity index (χ4v) is 4.97. The number of amides is 1. The highest BCUT2D eigenvalue weighted by Crippen LogP contribution is 2.33. The van der Waals surface area contributed by atoms with Crippen LogP contribution in [0.2, 0.25) is 0 Å². The highest BCUT2D eigenvalue weighted by molar-refractivity contribution is 5.78. The van der Waals surface area contributed by atoms with Crippen molar-refractivity contribution in [3.05, 3.63) is 23.3 Å². The highest BCUT2D eigenvalue weighted by Gasteiger charge is 2.29. The number of carbonyl (C=O) groups excluding carboxylic acids is 1. The van der Waals surface area contributed by atoms with Crippen molar-refractivity contribution in [2.75, 3.05) is 53.5 Å². The SMILES string of the molecule is COc1cc2c(cc1OC)CN(C(=O)CN1CCCC(N3CCCC3)C1)CC2. The Hall–Kier alpha value is -1.79. The van der Waals surface area contributed by atoms with Gasteiger partial charge in [-0.15, -0.1) is 0 Å². The lowest BCUT2D eigenvalue weighted by Crippen LogP contribution is -2.50. The maximum atomic E-state index is 13.0. The van der Waals surface area contributed by atoms with Crippen LogP contribution < -0.4 is 9.47 Å². The molecule has 3 aliphatic heterocycles. The first kappa shape index (κ1) is 19.5. The second kappa shape index (κ2) is 8.70. The number of carbonyl (C=O) groups is 1. The van der Waals surface area contributed by atoms with Crippen LogP contribution in [0.3, 0.4) is 0 Å². The molecule has 0 saturated carbocycles. The van der Waals surface area contributed by atoms with Crippen LogP contribution in [0.4, 0.5) is 0 Å². The normalized spacial score (nSPS) is 23.5. The molecule has 1 unspecified atom stereocenters. The van der Waals surface area contributed by atoms with Crippen LogP contribution in [-0.2, 0) is 17.8 Å². The molecular formula is C22H33N3O3. The van der Waals surface area contributed by atoms with E-state index in [1.54, 1.807) is 14.2 Å². The minimum absolute atomic E-state index is 0.252. The average Bonchev–Trinajstić information content (AvgIpc) is 3.27. The van der Waals surface area contributed by atoms with Gasteiger partial charge in [-0.1, -0.05) is 0 Å². The van der Waals surface area contributed by atoms with Crippen molar-refractivity contribution >= 4 is 5.91 Å². The van der Waals surface area contributed by atoms with Gasteiger partial charge in [0.15, 0.2) is 11.5 Å². The molecule has 0 aliphatic carbocycles. The van der Waals surface area contributed by atoms with Gasteiger partial charge in [-0.25, -0.2) is 0 Å². The summed E-state index contributed by atoms with van der Waals surface area (Å²) in [5.41, 5.74) is 2.43. The van der Waals surface area contributed by atoms with E-state index in [0.717, 1.165) is 37.6 Å². The van der Waals surface area contributed by atoms with Crippen molar-refractivity contribution in [2.24, 2.45) is 0 Å². The van der Waals surface area contributed by atoms with Gasteiger partial charge in [0.25, 0.3) is 0 Å². The molecule has 1 amide bonds. The summed E-state index contributed by atoms with van der Waals surface area (Å²) >= 11 is 0. The molecule has 0 N–H and O–H groups in total. The van der Waals surface area contributed by atoms with Gasteiger partial charge in [-0.2, -0.15) is 0 Å². The first-order chi connectivity index (χ1) is 13.7. The van der Waals surface area contributed by atoms with E-state index in [9.17, 15) is 4.79 Å². The molecule has 1 aromatic carbocycles. The van der Waals surface area contributed by atoms with E-state index >= 15 is 0 Å². The molecule has 6 nitrogen and oxygen atoms in total. The minimum Gasteiger partial charge on any atom is -0.493 e. The molecule has 154 valence electrons. The van der Waals surface area contributed by atoms with E-state index in [1.807, 2.05) is 11.0 Å². The van der Waals surface area contributed by atoms with Crippen molar-refractivity contribution in [3.63, 3.8) is 0 Å². The molecule has 1 atom stereocenters. The van der Waals surface area contributed by atoms with Gasteiger partial charge in [0.2, 0.25) is 5.91 Å². The highest BCUT2D eigenvalue weighted by atomic mass is 16.5.